The molecule has 0 radical (unpaired) electrons. The van der Waals surface area contributed by atoms with Crippen molar-refractivity contribution in [2.45, 2.75) is 26.3 Å². The van der Waals surface area contributed by atoms with Crippen LogP contribution in [0.1, 0.15) is 24.2 Å². The van der Waals surface area contributed by atoms with Crippen molar-refractivity contribution >= 4 is 23.5 Å². The van der Waals surface area contributed by atoms with Crippen LogP contribution in [0.2, 0.25) is 0 Å². The molecule has 2 aromatic rings. The highest BCUT2D eigenvalue weighted by molar-refractivity contribution is 6.39. The fourth-order valence-electron chi connectivity index (χ4n) is 3.01. The lowest BCUT2D eigenvalue weighted by molar-refractivity contribution is -0.144. The monoisotopic (exact) mass is 370 g/mol. The number of hydrogen-bond donors (Lipinski definition) is 2. The van der Waals surface area contributed by atoms with Gasteiger partial charge in [-0.25, -0.2) is 0 Å². The number of piperidine rings is 1. The summed E-state index contributed by atoms with van der Waals surface area (Å²) in [6.45, 7) is 2.91. The molecule has 0 aliphatic carbocycles. The Hall–Kier alpha value is -3.16. The van der Waals surface area contributed by atoms with Crippen LogP contribution in [-0.2, 0) is 20.9 Å². The van der Waals surface area contributed by atoms with Gasteiger partial charge in [0.15, 0.2) is 5.82 Å². The minimum absolute atomic E-state index is 0.0199. The highest BCUT2D eigenvalue weighted by atomic mass is 16.5. The molecule has 3 rings (SSSR count). The molecule has 0 saturated carbocycles. The van der Waals surface area contributed by atoms with Crippen molar-refractivity contribution in [1.29, 1.82) is 0 Å². The maximum absolute atomic E-state index is 12.3. The van der Waals surface area contributed by atoms with Gasteiger partial charge in [0.2, 0.25) is 5.91 Å². The van der Waals surface area contributed by atoms with Gasteiger partial charge in [-0.15, -0.1) is 0 Å². The lowest BCUT2D eigenvalue weighted by Crippen LogP contribution is -2.46. The first kappa shape index (κ1) is 18.6. The molecule has 8 heteroatoms. The summed E-state index contributed by atoms with van der Waals surface area (Å²) in [7, 11) is 0. The zero-order chi connectivity index (χ0) is 19.2. The molecule has 27 heavy (non-hydrogen) atoms. The first-order valence-electron chi connectivity index (χ1n) is 8.88. The lowest BCUT2D eigenvalue weighted by atomic mass is 9.95. The molecule has 2 heterocycles. The summed E-state index contributed by atoms with van der Waals surface area (Å²) < 4.78 is 4.85. The van der Waals surface area contributed by atoms with Gasteiger partial charge in [-0.1, -0.05) is 35.5 Å². The second-order valence-corrected chi connectivity index (χ2v) is 6.55. The zero-order valence-corrected chi connectivity index (χ0v) is 15.1. The van der Waals surface area contributed by atoms with Crippen LogP contribution in [0.15, 0.2) is 40.9 Å². The van der Waals surface area contributed by atoms with Gasteiger partial charge in [-0.05, 0) is 25.3 Å². The fourth-order valence-corrected chi connectivity index (χ4v) is 3.01. The molecule has 1 saturated heterocycles. The number of carbonyl (C=O) groups excluding carboxylic acids is 3. The van der Waals surface area contributed by atoms with Gasteiger partial charge >= 0.3 is 11.8 Å². The Balaban J connectivity index is 1.44. The summed E-state index contributed by atoms with van der Waals surface area (Å²) in [6.07, 6.45) is 1.06. The quantitative estimate of drug-likeness (QED) is 0.793. The standard InChI is InChI=1S/C19H22N4O4/c1-13-11-16(22-27-13)21-18(25)19(26)23-9-7-15(8-10-23)17(24)20-12-14-5-3-2-4-6-14/h2-6,11,15H,7-10,12H2,1H3,(H,20,24)(H,21,22,25). The topological polar surface area (TPSA) is 105 Å². The van der Waals surface area contributed by atoms with Gasteiger partial charge < -0.3 is 14.7 Å². The third kappa shape index (κ3) is 4.93. The number of nitrogens with zero attached hydrogens (tertiary/aromatic N) is 2. The Kier molecular flexibility index (Phi) is 5.85. The van der Waals surface area contributed by atoms with E-state index in [9.17, 15) is 14.4 Å². The Morgan fingerprint density at radius 1 is 1.19 bits per heavy atom. The fraction of sp³-hybridized carbons (Fsp3) is 0.368. The van der Waals surface area contributed by atoms with E-state index in [4.69, 9.17) is 4.52 Å². The van der Waals surface area contributed by atoms with Crippen molar-refractivity contribution in [3.05, 3.63) is 47.7 Å². The molecule has 1 aromatic heterocycles. The Bertz CT molecular complexity index is 810. The Morgan fingerprint density at radius 2 is 1.89 bits per heavy atom. The van der Waals surface area contributed by atoms with Crippen LogP contribution in [-0.4, -0.2) is 40.9 Å². The van der Waals surface area contributed by atoms with Crippen LogP contribution in [0.4, 0.5) is 5.82 Å². The molecule has 3 amide bonds. The maximum Gasteiger partial charge on any atom is 0.315 e. The summed E-state index contributed by atoms with van der Waals surface area (Å²) >= 11 is 0. The number of carbonyl (C=O) groups is 3. The van der Waals surface area contributed by atoms with Crippen LogP contribution in [0.3, 0.4) is 0 Å². The number of likely N-dealkylation sites (tertiary alicyclic amines) is 1. The minimum atomic E-state index is -0.754. The molecule has 0 spiro atoms. The van der Waals surface area contributed by atoms with Crippen LogP contribution in [0, 0.1) is 12.8 Å². The van der Waals surface area contributed by atoms with Gasteiger partial charge in [0.05, 0.1) is 0 Å². The number of aryl methyl sites for hydroxylation is 1. The van der Waals surface area contributed by atoms with Crippen molar-refractivity contribution < 1.29 is 18.9 Å². The molecule has 0 atom stereocenters. The van der Waals surface area contributed by atoms with E-state index in [2.05, 4.69) is 15.8 Å². The van der Waals surface area contributed by atoms with Crippen LogP contribution >= 0.6 is 0 Å². The van der Waals surface area contributed by atoms with Crippen molar-refractivity contribution in [1.82, 2.24) is 15.4 Å². The van der Waals surface area contributed by atoms with Crippen molar-refractivity contribution in [2.24, 2.45) is 5.92 Å². The summed E-state index contributed by atoms with van der Waals surface area (Å²) in [6, 6.07) is 11.2. The van der Waals surface area contributed by atoms with Crippen LogP contribution in [0.25, 0.3) is 0 Å². The maximum atomic E-state index is 12.3. The molecule has 1 fully saturated rings. The molecule has 2 N–H and O–H groups in total. The molecule has 1 aliphatic heterocycles. The number of anilines is 1. The van der Waals surface area contributed by atoms with E-state index in [1.807, 2.05) is 30.3 Å². The number of benzene rings is 1. The van der Waals surface area contributed by atoms with E-state index < -0.39 is 11.8 Å². The molecule has 1 aromatic carbocycles. The van der Waals surface area contributed by atoms with Crippen LogP contribution in [0.5, 0.6) is 0 Å². The SMILES string of the molecule is Cc1cc(NC(=O)C(=O)N2CCC(C(=O)NCc3ccccc3)CC2)no1. The van der Waals surface area contributed by atoms with Gasteiger partial charge in [-0.2, -0.15) is 0 Å². The molecular weight excluding hydrogens is 348 g/mol. The summed E-state index contributed by atoms with van der Waals surface area (Å²) in [5.74, 6) is -0.803. The molecule has 1 aliphatic rings. The van der Waals surface area contributed by atoms with Gasteiger partial charge in [0.25, 0.3) is 0 Å². The van der Waals surface area contributed by atoms with Crippen molar-refractivity contribution in [3.8, 4) is 0 Å². The summed E-state index contributed by atoms with van der Waals surface area (Å²) in [5, 5.41) is 8.98. The van der Waals surface area contributed by atoms with E-state index in [1.54, 1.807) is 6.92 Å². The second kappa shape index (κ2) is 8.48. The number of amides is 3. The van der Waals surface area contributed by atoms with Crippen LogP contribution < -0.4 is 10.6 Å². The number of rotatable bonds is 4. The zero-order valence-electron chi connectivity index (χ0n) is 15.1. The van der Waals surface area contributed by atoms with E-state index in [1.165, 1.54) is 11.0 Å². The normalized spacial score (nSPS) is 14.6. The van der Waals surface area contributed by atoms with Gasteiger partial charge in [0, 0.05) is 31.6 Å². The molecule has 0 bridgehead atoms. The molecule has 8 nitrogen and oxygen atoms in total. The minimum Gasteiger partial charge on any atom is -0.360 e. The third-order valence-electron chi connectivity index (χ3n) is 4.53. The largest absolute Gasteiger partial charge is 0.360 e. The highest BCUT2D eigenvalue weighted by Gasteiger charge is 2.30. The first-order valence-corrected chi connectivity index (χ1v) is 8.88. The highest BCUT2D eigenvalue weighted by Crippen LogP contribution is 2.18. The average molecular weight is 370 g/mol. The summed E-state index contributed by atoms with van der Waals surface area (Å²) in [5.41, 5.74) is 1.04. The van der Waals surface area contributed by atoms with Crippen molar-refractivity contribution in [3.63, 3.8) is 0 Å². The Morgan fingerprint density at radius 3 is 2.52 bits per heavy atom. The number of hydrogen-bond acceptors (Lipinski definition) is 5. The van der Waals surface area contributed by atoms with E-state index in [0.717, 1.165) is 5.56 Å². The van der Waals surface area contributed by atoms with Gasteiger partial charge in [-0.3, -0.25) is 19.7 Å². The average Bonchev–Trinajstić information content (AvgIpc) is 3.11. The van der Waals surface area contributed by atoms with E-state index in [0.29, 0.717) is 38.2 Å². The smallest absolute Gasteiger partial charge is 0.315 e. The molecule has 0 unspecified atom stereocenters. The van der Waals surface area contributed by atoms with E-state index in [-0.39, 0.29) is 17.6 Å². The third-order valence-corrected chi connectivity index (χ3v) is 4.53. The number of nitrogens with one attached hydrogen (secondary N) is 2. The van der Waals surface area contributed by atoms with E-state index >= 15 is 0 Å². The molecular formula is C19H22N4O4. The van der Waals surface area contributed by atoms with Crippen molar-refractivity contribution in [2.75, 3.05) is 18.4 Å². The second-order valence-electron chi connectivity index (χ2n) is 6.55. The van der Waals surface area contributed by atoms with Gasteiger partial charge in [0.1, 0.15) is 5.76 Å². The predicted octanol–water partition coefficient (Wildman–Crippen LogP) is 1.48. The lowest BCUT2D eigenvalue weighted by Gasteiger charge is -2.30. The first-order chi connectivity index (χ1) is 13.0. The predicted molar refractivity (Wildman–Crippen MR) is 97.5 cm³/mol. The Labute approximate surface area is 156 Å². The number of aromatic nitrogens is 1. The molecule has 142 valence electrons. The summed E-state index contributed by atoms with van der Waals surface area (Å²) in [4.78, 5) is 38.1.